The molecule has 22 heavy (non-hydrogen) atoms. The number of nitrogens with one attached hydrogen (secondary N) is 1. The number of hydrogen-bond donors (Lipinski definition) is 2. The van der Waals surface area contributed by atoms with Gasteiger partial charge in [-0.05, 0) is 42.9 Å². The van der Waals surface area contributed by atoms with E-state index < -0.39 is 0 Å². The molecule has 0 radical (unpaired) electrons. The highest BCUT2D eigenvalue weighted by Crippen LogP contribution is 2.08. The van der Waals surface area contributed by atoms with E-state index in [1.807, 2.05) is 38.4 Å². The van der Waals surface area contributed by atoms with Crippen LogP contribution in [0.15, 0.2) is 48.5 Å². The predicted octanol–water partition coefficient (Wildman–Crippen LogP) is 2.14. The summed E-state index contributed by atoms with van der Waals surface area (Å²) >= 11 is 0. The average molecular weight is 297 g/mol. The Morgan fingerprint density at radius 2 is 1.73 bits per heavy atom. The molecule has 4 nitrogen and oxygen atoms in total. The third-order valence-corrected chi connectivity index (χ3v) is 3.40. The number of hydrogen-bond acceptors (Lipinski definition) is 3. The van der Waals surface area contributed by atoms with Crippen LogP contribution < -0.4 is 11.1 Å². The monoisotopic (exact) mass is 297 g/mol. The molecule has 0 saturated carbocycles. The molecule has 0 aliphatic heterocycles. The fourth-order valence-electron chi connectivity index (χ4n) is 2.28. The largest absolute Gasteiger partial charge is 0.348 e. The van der Waals surface area contributed by atoms with Gasteiger partial charge >= 0.3 is 0 Å². The van der Waals surface area contributed by atoms with Crippen LogP contribution in [0.2, 0.25) is 0 Å². The lowest BCUT2D eigenvalue weighted by Crippen LogP contribution is -2.23. The first-order valence-electron chi connectivity index (χ1n) is 7.38. The molecular weight excluding hydrogens is 274 g/mol. The van der Waals surface area contributed by atoms with Gasteiger partial charge in [-0.1, -0.05) is 36.4 Å². The van der Waals surface area contributed by atoms with Crippen molar-refractivity contribution in [3.8, 4) is 0 Å². The number of benzene rings is 2. The number of rotatable bonds is 6. The minimum Gasteiger partial charge on any atom is -0.348 e. The zero-order valence-corrected chi connectivity index (χ0v) is 13.2. The summed E-state index contributed by atoms with van der Waals surface area (Å²) in [6.45, 7) is 1.90. The molecule has 0 aliphatic rings. The summed E-state index contributed by atoms with van der Waals surface area (Å²) in [5, 5.41) is 2.95. The van der Waals surface area contributed by atoms with Gasteiger partial charge in [0, 0.05) is 25.2 Å². The van der Waals surface area contributed by atoms with E-state index in [4.69, 9.17) is 5.73 Å². The Morgan fingerprint density at radius 3 is 2.36 bits per heavy atom. The quantitative estimate of drug-likeness (QED) is 0.859. The van der Waals surface area contributed by atoms with E-state index in [2.05, 4.69) is 22.3 Å². The van der Waals surface area contributed by atoms with E-state index in [0.717, 1.165) is 17.7 Å². The standard InChI is InChI=1S/C18H23N3O/c1-21(2)13-16-5-3-4-15(10-16)12-20-18(22)17-8-6-14(11-19)7-9-17/h3-10H,11-13,19H2,1-2H3,(H,20,22). The Bertz CT molecular complexity index is 620. The average Bonchev–Trinajstić information content (AvgIpc) is 2.52. The molecule has 0 fully saturated rings. The molecule has 0 spiro atoms. The van der Waals surface area contributed by atoms with Crippen molar-refractivity contribution in [3.05, 3.63) is 70.8 Å². The zero-order chi connectivity index (χ0) is 15.9. The zero-order valence-electron chi connectivity index (χ0n) is 13.2. The van der Waals surface area contributed by atoms with Crippen LogP contribution in [0.25, 0.3) is 0 Å². The highest BCUT2D eigenvalue weighted by Gasteiger charge is 2.05. The van der Waals surface area contributed by atoms with Gasteiger partial charge in [0.2, 0.25) is 0 Å². The maximum absolute atomic E-state index is 12.1. The molecular formula is C18H23N3O. The third kappa shape index (κ3) is 4.69. The first-order valence-corrected chi connectivity index (χ1v) is 7.38. The first-order chi connectivity index (χ1) is 10.6. The summed E-state index contributed by atoms with van der Waals surface area (Å²) in [7, 11) is 4.08. The van der Waals surface area contributed by atoms with Crippen molar-refractivity contribution < 1.29 is 4.79 Å². The van der Waals surface area contributed by atoms with Crippen LogP contribution in [-0.4, -0.2) is 24.9 Å². The van der Waals surface area contributed by atoms with E-state index in [-0.39, 0.29) is 5.91 Å². The van der Waals surface area contributed by atoms with Crippen molar-refractivity contribution in [1.29, 1.82) is 0 Å². The van der Waals surface area contributed by atoms with E-state index >= 15 is 0 Å². The lowest BCUT2D eigenvalue weighted by molar-refractivity contribution is 0.0951. The van der Waals surface area contributed by atoms with Crippen LogP contribution in [0.3, 0.4) is 0 Å². The molecule has 2 aromatic carbocycles. The highest BCUT2D eigenvalue weighted by molar-refractivity contribution is 5.94. The lowest BCUT2D eigenvalue weighted by Gasteiger charge is -2.11. The lowest BCUT2D eigenvalue weighted by atomic mass is 10.1. The topological polar surface area (TPSA) is 58.4 Å². The van der Waals surface area contributed by atoms with Crippen LogP contribution in [0.1, 0.15) is 27.0 Å². The second kappa shape index (κ2) is 7.73. The van der Waals surface area contributed by atoms with Crippen molar-refractivity contribution in [2.45, 2.75) is 19.6 Å². The van der Waals surface area contributed by atoms with E-state index in [9.17, 15) is 4.79 Å². The molecule has 0 aromatic heterocycles. The summed E-state index contributed by atoms with van der Waals surface area (Å²) in [4.78, 5) is 14.3. The normalized spacial score (nSPS) is 10.7. The smallest absolute Gasteiger partial charge is 0.251 e. The van der Waals surface area contributed by atoms with Gasteiger partial charge in [0.25, 0.3) is 5.91 Å². The second-order valence-electron chi connectivity index (χ2n) is 5.64. The molecule has 1 amide bonds. The predicted molar refractivity (Wildman–Crippen MR) is 89.3 cm³/mol. The molecule has 116 valence electrons. The number of nitrogens with zero attached hydrogens (tertiary/aromatic N) is 1. The van der Waals surface area contributed by atoms with Crippen LogP contribution >= 0.6 is 0 Å². The van der Waals surface area contributed by atoms with Crippen molar-refractivity contribution in [2.75, 3.05) is 14.1 Å². The molecule has 0 unspecified atom stereocenters. The van der Waals surface area contributed by atoms with E-state index in [1.165, 1.54) is 5.56 Å². The minimum absolute atomic E-state index is 0.0680. The molecule has 0 aliphatic carbocycles. The maximum Gasteiger partial charge on any atom is 0.251 e. The number of nitrogens with two attached hydrogens (primary N) is 1. The van der Waals surface area contributed by atoms with E-state index in [0.29, 0.717) is 18.7 Å². The van der Waals surface area contributed by atoms with Gasteiger partial charge in [-0.2, -0.15) is 0 Å². The minimum atomic E-state index is -0.0680. The van der Waals surface area contributed by atoms with Crippen molar-refractivity contribution in [1.82, 2.24) is 10.2 Å². The molecule has 3 N–H and O–H groups in total. The van der Waals surface area contributed by atoms with Gasteiger partial charge in [0.1, 0.15) is 0 Å². The fourth-order valence-corrected chi connectivity index (χ4v) is 2.28. The fraction of sp³-hybridized carbons (Fsp3) is 0.278. The molecule has 0 bridgehead atoms. The van der Waals surface area contributed by atoms with Crippen LogP contribution in [0.4, 0.5) is 0 Å². The Balaban J connectivity index is 1.95. The summed E-state index contributed by atoms with van der Waals surface area (Å²) in [5.74, 6) is -0.0680. The Hall–Kier alpha value is -2.17. The maximum atomic E-state index is 12.1. The molecule has 4 heteroatoms. The summed E-state index contributed by atoms with van der Waals surface area (Å²) in [6, 6.07) is 15.6. The molecule has 0 saturated heterocycles. The highest BCUT2D eigenvalue weighted by atomic mass is 16.1. The first kappa shape index (κ1) is 16.2. The van der Waals surface area contributed by atoms with Crippen molar-refractivity contribution in [3.63, 3.8) is 0 Å². The Morgan fingerprint density at radius 1 is 1.05 bits per heavy atom. The molecule has 0 atom stereocenters. The Labute approximate surface area is 131 Å². The van der Waals surface area contributed by atoms with E-state index in [1.54, 1.807) is 12.1 Å². The van der Waals surface area contributed by atoms with Gasteiger partial charge in [-0.15, -0.1) is 0 Å². The summed E-state index contributed by atoms with van der Waals surface area (Å²) in [5.41, 5.74) is 9.57. The number of carbonyl (C=O) groups is 1. The van der Waals surface area contributed by atoms with Crippen molar-refractivity contribution >= 4 is 5.91 Å². The molecule has 2 aromatic rings. The van der Waals surface area contributed by atoms with Gasteiger partial charge in [0.15, 0.2) is 0 Å². The van der Waals surface area contributed by atoms with Gasteiger partial charge in [0.05, 0.1) is 0 Å². The Kier molecular flexibility index (Phi) is 5.69. The third-order valence-electron chi connectivity index (χ3n) is 3.40. The van der Waals surface area contributed by atoms with Gasteiger partial charge in [-0.3, -0.25) is 4.79 Å². The molecule has 2 rings (SSSR count). The van der Waals surface area contributed by atoms with Gasteiger partial charge < -0.3 is 16.0 Å². The summed E-state index contributed by atoms with van der Waals surface area (Å²) < 4.78 is 0. The number of carbonyl (C=O) groups excluding carboxylic acids is 1. The SMILES string of the molecule is CN(C)Cc1cccc(CNC(=O)c2ccc(CN)cc2)c1. The second-order valence-corrected chi connectivity index (χ2v) is 5.64. The summed E-state index contributed by atoms with van der Waals surface area (Å²) in [6.07, 6.45) is 0. The van der Waals surface area contributed by atoms with Crippen LogP contribution in [0.5, 0.6) is 0 Å². The van der Waals surface area contributed by atoms with Gasteiger partial charge in [-0.25, -0.2) is 0 Å². The van der Waals surface area contributed by atoms with Crippen LogP contribution in [-0.2, 0) is 19.6 Å². The van der Waals surface area contributed by atoms with Crippen molar-refractivity contribution in [2.24, 2.45) is 5.73 Å². The molecule has 0 heterocycles. The number of amides is 1. The van der Waals surface area contributed by atoms with Crippen LogP contribution in [0, 0.1) is 0 Å².